The number of para-hydroxylation sites is 1. The summed E-state index contributed by atoms with van der Waals surface area (Å²) in [5.41, 5.74) is 0. The SMILES string of the molecule is COC[C@@H](O)COc1ccccc1F. The van der Waals surface area contributed by atoms with Crippen molar-refractivity contribution in [3.8, 4) is 5.75 Å². The van der Waals surface area contributed by atoms with Gasteiger partial charge in [0.15, 0.2) is 11.6 Å². The zero-order valence-electron chi connectivity index (χ0n) is 7.94. The molecular formula is C10H13FO3. The third-order valence-electron chi connectivity index (χ3n) is 1.63. The van der Waals surface area contributed by atoms with Gasteiger partial charge in [-0.1, -0.05) is 12.1 Å². The topological polar surface area (TPSA) is 38.7 Å². The lowest BCUT2D eigenvalue weighted by molar-refractivity contribution is 0.0316. The van der Waals surface area contributed by atoms with Crippen LogP contribution < -0.4 is 4.74 Å². The number of aliphatic hydroxyl groups is 1. The number of aliphatic hydroxyl groups excluding tert-OH is 1. The molecule has 4 heteroatoms. The first-order valence-corrected chi connectivity index (χ1v) is 4.28. The minimum absolute atomic E-state index is 0.0226. The van der Waals surface area contributed by atoms with Gasteiger partial charge < -0.3 is 14.6 Å². The molecule has 0 fully saturated rings. The number of hydrogen-bond acceptors (Lipinski definition) is 3. The summed E-state index contributed by atoms with van der Waals surface area (Å²) in [7, 11) is 1.48. The number of benzene rings is 1. The molecule has 78 valence electrons. The van der Waals surface area contributed by atoms with Crippen LogP contribution in [-0.2, 0) is 4.74 Å². The Labute approximate surface area is 82.1 Å². The first kappa shape index (κ1) is 10.9. The molecule has 0 unspecified atom stereocenters. The van der Waals surface area contributed by atoms with E-state index in [2.05, 4.69) is 0 Å². The lowest BCUT2D eigenvalue weighted by Gasteiger charge is -2.11. The van der Waals surface area contributed by atoms with E-state index in [-0.39, 0.29) is 19.0 Å². The minimum Gasteiger partial charge on any atom is -0.488 e. The molecule has 0 radical (unpaired) electrons. The predicted octanol–water partition coefficient (Wildman–Crippen LogP) is 1.21. The molecule has 0 bridgehead atoms. The first-order chi connectivity index (χ1) is 6.74. The molecule has 0 aliphatic heterocycles. The van der Waals surface area contributed by atoms with Crippen LogP contribution in [0.4, 0.5) is 4.39 Å². The van der Waals surface area contributed by atoms with Gasteiger partial charge in [-0.05, 0) is 12.1 Å². The molecule has 1 aromatic rings. The van der Waals surface area contributed by atoms with Crippen molar-refractivity contribution in [2.24, 2.45) is 0 Å². The van der Waals surface area contributed by atoms with Crippen LogP contribution in [0.3, 0.4) is 0 Å². The highest BCUT2D eigenvalue weighted by atomic mass is 19.1. The molecule has 0 spiro atoms. The van der Waals surface area contributed by atoms with E-state index in [1.165, 1.54) is 19.2 Å². The molecule has 0 heterocycles. The van der Waals surface area contributed by atoms with Crippen molar-refractivity contribution in [3.63, 3.8) is 0 Å². The van der Waals surface area contributed by atoms with Crippen molar-refractivity contribution >= 4 is 0 Å². The predicted molar refractivity (Wildman–Crippen MR) is 49.8 cm³/mol. The van der Waals surface area contributed by atoms with E-state index in [0.29, 0.717) is 0 Å². The second kappa shape index (κ2) is 5.57. The number of halogens is 1. The molecule has 0 aliphatic rings. The van der Waals surface area contributed by atoms with Gasteiger partial charge in [-0.25, -0.2) is 4.39 Å². The highest BCUT2D eigenvalue weighted by Crippen LogP contribution is 2.15. The molecule has 1 N–H and O–H groups in total. The molecule has 3 nitrogen and oxygen atoms in total. The van der Waals surface area contributed by atoms with Crippen molar-refractivity contribution in [1.29, 1.82) is 0 Å². The molecule has 0 aromatic heterocycles. The number of ether oxygens (including phenoxy) is 2. The average molecular weight is 200 g/mol. The van der Waals surface area contributed by atoms with Crippen LogP contribution in [0.1, 0.15) is 0 Å². The second-order valence-corrected chi connectivity index (χ2v) is 2.85. The summed E-state index contributed by atoms with van der Waals surface area (Å²) in [5.74, 6) is -0.292. The van der Waals surface area contributed by atoms with Gasteiger partial charge in [-0.3, -0.25) is 0 Å². The molecular weight excluding hydrogens is 187 g/mol. The average Bonchev–Trinajstić information content (AvgIpc) is 2.17. The fourth-order valence-electron chi connectivity index (χ4n) is 0.988. The van der Waals surface area contributed by atoms with Crippen LogP contribution in [0.25, 0.3) is 0 Å². The number of rotatable bonds is 5. The lowest BCUT2D eigenvalue weighted by Crippen LogP contribution is -2.22. The van der Waals surface area contributed by atoms with Gasteiger partial charge >= 0.3 is 0 Å². The summed E-state index contributed by atoms with van der Waals surface area (Å²) in [4.78, 5) is 0. The standard InChI is InChI=1S/C10H13FO3/c1-13-6-8(12)7-14-10-5-3-2-4-9(10)11/h2-5,8,12H,6-7H2,1H3/t8-/m1/s1. The number of methoxy groups -OCH3 is 1. The smallest absolute Gasteiger partial charge is 0.165 e. The van der Waals surface area contributed by atoms with Crippen molar-refractivity contribution in [3.05, 3.63) is 30.1 Å². The highest BCUT2D eigenvalue weighted by Gasteiger charge is 2.06. The highest BCUT2D eigenvalue weighted by molar-refractivity contribution is 5.23. The maximum atomic E-state index is 13.0. The van der Waals surface area contributed by atoms with E-state index in [0.717, 1.165) is 0 Å². The van der Waals surface area contributed by atoms with Crippen LogP contribution >= 0.6 is 0 Å². The van der Waals surface area contributed by atoms with Crippen LogP contribution in [0.5, 0.6) is 5.75 Å². The normalized spacial score (nSPS) is 12.5. The Kier molecular flexibility index (Phi) is 4.35. The van der Waals surface area contributed by atoms with E-state index in [9.17, 15) is 9.50 Å². The zero-order valence-corrected chi connectivity index (χ0v) is 7.94. The van der Waals surface area contributed by atoms with E-state index in [1.54, 1.807) is 12.1 Å². The monoisotopic (exact) mass is 200 g/mol. The Morgan fingerprint density at radius 3 is 2.71 bits per heavy atom. The zero-order chi connectivity index (χ0) is 10.4. The Bertz CT molecular complexity index is 278. The fourth-order valence-corrected chi connectivity index (χ4v) is 0.988. The quantitative estimate of drug-likeness (QED) is 0.776. The van der Waals surface area contributed by atoms with Gasteiger partial charge in [0.1, 0.15) is 12.7 Å². The summed E-state index contributed by atoms with van der Waals surface area (Å²) in [6.45, 7) is 0.198. The van der Waals surface area contributed by atoms with Gasteiger partial charge in [0, 0.05) is 7.11 Å². The molecule has 0 saturated heterocycles. The van der Waals surface area contributed by atoms with Crippen molar-refractivity contribution in [2.45, 2.75) is 6.10 Å². The first-order valence-electron chi connectivity index (χ1n) is 4.28. The lowest BCUT2D eigenvalue weighted by atomic mass is 10.3. The van der Waals surface area contributed by atoms with Gasteiger partial charge in [-0.2, -0.15) is 0 Å². The third-order valence-corrected chi connectivity index (χ3v) is 1.63. The fraction of sp³-hybridized carbons (Fsp3) is 0.400. The molecule has 1 rings (SSSR count). The van der Waals surface area contributed by atoms with Gasteiger partial charge in [0.25, 0.3) is 0 Å². The summed E-state index contributed by atoms with van der Waals surface area (Å²) < 4.78 is 22.7. The minimum atomic E-state index is -0.736. The number of hydrogen-bond donors (Lipinski definition) is 1. The maximum absolute atomic E-state index is 13.0. The van der Waals surface area contributed by atoms with Crippen LogP contribution in [0.15, 0.2) is 24.3 Å². The Hall–Kier alpha value is -1.13. The summed E-state index contributed by atoms with van der Waals surface area (Å²) in [6, 6.07) is 6.06. The van der Waals surface area contributed by atoms with E-state index in [1.807, 2.05) is 0 Å². The Balaban J connectivity index is 2.41. The van der Waals surface area contributed by atoms with Crippen molar-refractivity contribution in [1.82, 2.24) is 0 Å². The summed E-state index contributed by atoms with van der Waals surface area (Å²) >= 11 is 0. The van der Waals surface area contributed by atoms with Gasteiger partial charge in [-0.15, -0.1) is 0 Å². The third kappa shape index (κ3) is 3.32. The van der Waals surface area contributed by atoms with E-state index >= 15 is 0 Å². The molecule has 0 aliphatic carbocycles. The summed E-state index contributed by atoms with van der Waals surface area (Å²) in [5, 5.41) is 9.23. The van der Waals surface area contributed by atoms with E-state index in [4.69, 9.17) is 9.47 Å². The largest absolute Gasteiger partial charge is 0.488 e. The Morgan fingerprint density at radius 2 is 2.07 bits per heavy atom. The molecule has 1 atom stereocenters. The van der Waals surface area contributed by atoms with Crippen LogP contribution in [0.2, 0.25) is 0 Å². The summed E-state index contributed by atoms with van der Waals surface area (Å²) in [6.07, 6.45) is -0.736. The molecule has 0 saturated carbocycles. The maximum Gasteiger partial charge on any atom is 0.165 e. The molecule has 14 heavy (non-hydrogen) atoms. The molecule has 1 aromatic carbocycles. The van der Waals surface area contributed by atoms with Crippen molar-refractivity contribution < 1.29 is 19.0 Å². The van der Waals surface area contributed by atoms with Crippen molar-refractivity contribution in [2.75, 3.05) is 20.3 Å². The van der Waals surface area contributed by atoms with E-state index < -0.39 is 11.9 Å². The van der Waals surface area contributed by atoms with Gasteiger partial charge in [0.05, 0.1) is 6.61 Å². The molecule has 0 amide bonds. The van der Waals surface area contributed by atoms with Crippen LogP contribution in [-0.4, -0.2) is 31.5 Å². The van der Waals surface area contributed by atoms with Gasteiger partial charge in [0.2, 0.25) is 0 Å². The van der Waals surface area contributed by atoms with Crippen LogP contribution in [0, 0.1) is 5.82 Å². The second-order valence-electron chi connectivity index (χ2n) is 2.85. The Morgan fingerprint density at radius 1 is 1.36 bits per heavy atom.